The molecule has 0 radical (unpaired) electrons. The number of sulfonamides is 1. The Hall–Kier alpha value is -1.44. The number of benzene rings is 1. The van der Waals surface area contributed by atoms with Crippen molar-refractivity contribution in [2.24, 2.45) is 0 Å². The van der Waals surface area contributed by atoms with Gasteiger partial charge in [-0.2, -0.15) is 0 Å². The molecule has 0 unspecified atom stereocenters. The first-order valence-electron chi connectivity index (χ1n) is 5.98. The predicted molar refractivity (Wildman–Crippen MR) is 78.6 cm³/mol. The van der Waals surface area contributed by atoms with Gasteiger partial charge in [-0.3, -0.25) is 0 Å². The van der Waals surface area contributed by atoms with E-state index in [4.69, 9.17) is 4.74 Å². The Morgan fingerprint density at radius 1 is 1.35 bits per heavy atom. The number of rotatable bonds is 5. The second kappa shape index (κ2) is 5.90. The lowest BCUT2D eigenvalue weighted by molar-refractivity contribution is 0.411. The number of aromatic nitrogens is 1. The minimum Gasteiger partial charge on any atom is -0.496 e. The van der Waals surface area contributed by atoms with Gasteiger partial charge in [0.15, 0.2) is 0 Å². The molecule has 0 spiro atoms. The van der Waals surface area contributed by atoms with Crippen LogP contribution in [0.5, 0.6) is 5.75 Å². The molecule has 0 atom stereocenters. The van der Waals surface area contributed by atoms with Gasteiger partial charge >= 0.3 is 0 Å². The highest BCUT2D eigenvalue weighted by molar-refractivity contribution is 7.89. The van der Waals surface area contributed by atoms with Gasteiger partial charge in [0.05, 0.1) is 18.6 Å². The van der Waals surface area contributed by atoms with Crippen molar-refractivity contribution in [1.82, 2.24) is 9.71 Å². The Kier molecular flexibility index (Phi) is 4.42. The fourth-order valence-electron chi connectivity index (χ4n) is 1.74. The molecule has 1 aromatic carbocycles. The van der Waals surface area contributed by atoms with E-state index in [1.54, 1.807) is 25.4 Å². The van der Waals surface area contributed by atoms with Crippen molar-refractivity contribution in [3.05, 3.63) is 39.8 Å². The summed E-state index contributed by atoms with van der Waals surface area (Å²) in [5.41, 5.74) is 0.778. The van der Waals surface area contributed by atoms with Gasteiger partial charge in [-0.1, -0.05) is 0 Å². The highest BCUT2D eigenvalue weighted by atomic mass is 32.2. The Bertz CT molecular complexity index is 708. The Morgan fingerprint density at radius 2 is 2.10 bits per heavy atom. The first-order chi connectivity index (χ1) is 9.42. The van der Waals surface area contributed by atoms with Crippen molar-refractivity contribution in [2.45, 2.75) is 25.3 Å². The lowest BCUT2D eigenvalue weighted by Gasteiger charge is -2.08. The van der Waals surface area contributed by atoms with E-state index in [1.807, 2.05) is 13.8 Å². The number of aryl methyl sites for hydroxylation is 2. The van der Waals surface area contributed by atoms with Crippen LogP contribution in [-0.4, -0.2) is 20.5 Å². The van der Waals surface area contributed by atoms with Crippen LogP contribution in [-0.2, 0) is 16.6 Å². The van der Waals surface area contributed by atoms with Gasteiger partial charge in [-0.25, -0.2) is 18.1 Å². The minimum absolute atomic E-state index is 0.200. The fourth-order valence-corrected chi connectivity index (χ4v) is 3.63. The third-order valence-electron chi connectivity index (χ3n) is 2.76. The Labute approximate surface area is 122 Å². The normalized spacial score (nSPS) is 11.6. The third kappa shape index (κ3) is 3.36. The third-order valence-corrected chi connectivity index (χ3v) is 5.07. The average Bonchev–Trinajstić information content (AvgIpc) is 2.82. The largest absolute Gasteiger partial charge is 0.496 e. The monoisotopic (exact) mass is 312 g/mol. The highest BCUT2D eigenvalue weighted by Crippen LogP contribution is 2.21. The summed E-state index contributed by atoms with van der Waals surface area (Å²) in [7, 11) is -1.98. The van der Waals surface area contributed by atoms with E-state index >= 15 is 0 Å². The van der Waals surface area contributed by atoms with Gasteiger partial charge < -0.3 is 4.74 Å². The molecule has 2 rings (SSSR count). The van der Waals surface area contributed by atoms with E-state index in [9.17, 15) is 8.42 Å². The SMILES string of the molecule is COc1ccc(S(=O)(=O)NCc2ncc(C)s2)cc1C. The molecule has 7 heteroatoms. The van der Waals surface area contributed by atoms with E-state index in [-0.39, 0.29) is 11.4 Å². The van der Waals surface area contributed by atoms with Crippen LogP contribution in [0.1, 0.15) is 15.4 Å². The number of ether oxygens (including phenoxy) is 1. The van der Waals surface area contributed by atoms with E-state index in [0.717, 1.165) is 15.4 Å². The molecule has 1 aromatic heterocycles. The number of thiazole rings is 1. The number of methoxy groups -OCH3 is 1. The first-order valence-corrected chi connectivity index (χ1v) is 8.28. The molecule has 0 fully saturated rings. The van der Waals surface area contributed by atoms with Crippen molar-refractivity contribution >= 4 is 21.4 Å². The molecule has 20 heavy (non-hydrogen) atoms. The van der Waals surface area contributed by atoms with Gasteiger partial charge in [0.1, 0.15) is 10.8 Å². The smallest absolute Gasteiger partial charge is 0.240 e. The van der Waals surface area contributed by atoms with Crippen molar-refractivity contribution < 1.29 is 13.2 Å². The van der Waals surface area contributed by atoms with Gasteiger partial charge in [0, 0.05) is 11.1 Å². The molecule has 0 aliphatic carbocycles. The predicted octanol–water partition coefficient (Wildman–Crippen LogP) is 2.25. The van der Waals surface area contributed by atoms with E-state index in [2.05, 4.69) is 9.71 Å². The average molecular weight is 312 g/mol. The molecule has 0 saturated heterocycles. The maximum Gasteiger partial charge on any atom is 0.240 e. The Balaban J connectivity index is 2.15. The van der Waals surface area contributed by atoms with E-state index in [0.29, 0.717) is 5.75 Å². The summed E-state index contributed by atoms with van der Waals surface area (Å²) in [6, 6.07) is 4.77. The fraction of sp³-hybridized carbons (Fsp3) is 0.308. The zero-order chi connectivity index (χ0) is 14.8. The van der Waals surface area contributed by atoms with Crippen LogP contribution in [0.3, 0.4) is 0 Å². The summed E-state index contributed by atoms with van der Waals surface area (Å²) in [4.78, 5) is 5.41. The van der Waals surface area contributed by atoms with Crippen LogP contribution in [0.15, 0.2) is 29.3 Å². The summed E-state index contributed by atoms with van der Waals surface area (Å²) in [5, 5.41) is 0.747. The molecular formula is C13H16N2O3S2. The molecular weight excluding hydrogens is 296 g/mol. The molecule has 1 N–H and O–H groups in total. The van der Waals surface area contributed by atoms with Crippen LogP contribution in [0.2, 0.25) is 0 Å². The zero-order valence-corrected chi connectivity index (χ0v) is 13.1. The van der Waals surface area contributed by atoms with Crippen LogP contribution < -0.4 is 9.46 Å². The van der Waals surface area contributed by atoms with Crippen molar-refractivity contribution in [2.75, 3.05) is 7.11 Å². The number of nitrogens with zero attached hydrogens (tertiary/aromatic N) is 1. The number of hydrogen-bond donors (Lipinski definition) is 1. The molecule has 2 aromatic rings. The number of hydrogen-bond acceptors (Lipinski definition) is 5. The lowest BCUT2D eigenvalue weighted by atomic mass is 10.2. The van der Waals surface area contributed by atoms with Crippen LogP contribution >= 0.6 is 11.3 Å². The van der Waals surface area contributed by atoms with Crippen LogP contribution in [0.25, 0.3) is 0 Å². The molecule has 0 saturated carbocycles. The maximum atomic E-state index is 12.2. The van der Waals surface area contributed by atoms with Crippen LogP contribution in [0.4, 0.5) is 0 Å². The van der Waals surface area contributed by atoms with Gasteiger partial charge in [0.25, 0.3) is 0 Å². The van der Waals surface area contributed by atoms with E-state index < -0.39 is 10.0 Å². The summed E-state index contributed by atoms with van der Waals surface area (Å²) >= 11 is 1.47. The minimum atomic E-state index is -3.54. The quantitative estimate of drug-likeness (QED) is 0.919. The lowest BCUT2D eigenvalue weighted by Crippen LogP contribution is -2.23. The van der Waals surface area contributed by atoms with Gasteiger partial charge in [0.2, 0.25) is 10.0 Å². The standard InChI is InChI=1S/C13H16N2O3S2/c1-9-6-11(4-5-12(9)18-3)20(16,17)15-8-13-14-7-10(2)19-13/h4-7,15H,8H2,1-3H3. The second-order valence-corrected chi connectivity index (χ2v) is 7.41. The maximum absolute atomic E-state index is 12.2. The molecule has 0 bridgehead atoms. The summed E-state index contributed by atoms with van der Waals surface area (Å²) in [6.07, 6.45) is 1.73. The molecule has 0 aliphatic rings. The van der Waals surface area contributed by atoms with Crippen molar-refractivity contribution in [3.63, 3.8) is 0 Å². The molecule has 0 amide bonds. The second-order valence-electron chi connectivity index (χ2n) is 4.32. The highest BCUT2D eigenvalue weighted by Gasteiger charge is 2.15. The van der Waals surface area contributed by atoms with Crippen molar-refractivity contribution in [1.29, 1.82) is 0 Å². The topological polar surface area (TPSA) is 68.3 Å². The van der Waals surface area contributed by atoms with E-state index in [1.165, 1.54) is 17.4 Å². The van der Waals surface area contributed by atoms with Crippen LogP contribution in [0, 0.1) is 13.8 Å². The Morgan fingerprint density at radius 3 is 2.65 bits per heavy atom. The first kappa shape index (κ1) is 15.0. The molecule has 5 nitrogen and oxygen atoms in total. The molecule has 108 valence electrons. The molecule has 1 heterocycles. The summed E-state index contributed by atoms with van der Waals surface area (Å²) in [6.45, 7) is 3.94. The van der Waals surface area contributed by atoms with Gasteiger partial charge in [-0.05, 0) is 37.6 Å². The van der Waals surface area contributed by atoms with Gasteiger partial charge in [-0.15, -0.1) is 11.3 Å². The summed E-state index contributed by atoms with van der Waals surface area (Å²) in [5.74, 6) is 0.666. The zero-order valence-electron chi connectivity index (χ0n) is 11.5. The summed E-state index contributed by atoms with van der Waals surface area (Å²) < 4.78 is 32.0. The molecule has 0 aliphatic heterocycles. The number of nitrogens with one attached hydrogen (secondary N) is 1. The van der Waals surface area contributed by atoms with Crippen molar-refractivity contribution in [3.8, 4) is 5.75 Å².